The molecule has 2 aromatic rings. The lowest BCUT2D eigenvalue weighted by molar-refractivity contribution is -0.139. The first kappa shape index (κ1) is 15.5. The fourth-order valence-corrected chi connectivity index (χ4v) is 2.36. The van der Waals surface area contributed by atoms with E-state index >= 15 is 0 Å². The van der Waals surface area contributed by atoms with Crippen molar-refractivity contribution >= 4 is 38.6 Å². The Morgan fingerprint density at radius 2 is 1.81 bits per heavy atom. The van der Waals surface area contributed by atoms with E-state index in [0.717, 1.165) is 15.2 Å². The number of amides is 1. The summed E-state index contributed by atoms with van der Waals surface area (Å²) in [6, 6.07) is 9.73. The Morgan fingerprint density at radius 3 is 2.48 bits per heavy atom. The molecule has 0 heterocycles. The SMILES string of the molecule is O=C(N[C@@H](CCO)C(=O)O)c1ccc2cc(Br)ccc2c1. The molecule has 0 saturated heterocycles. The van der Waals surface area contributed by atoms with Crippen LogP contribution in [0.1, 0.15) is 16.8 Å². The van der Waals surface area contributed by atoms with Gasteiger partial charge in [0.25, 0.3) is 5.91 Å². The highest BCUT2D eigenvalue weighted by atomic mass is 79.9. The van der Waals surface area contributed by atoms with Crippen LogP contribution in [-0.2, 0) is 4.79 Å². The Hall–Kier alpha value is -1.92. The minimum absolute atomic E-state index is 0.0262. The molecule has 0 fully saturated rings. The zero-order valence-corrected chi connectivity index (χ0v) is 12.6. The molecule has 0 aromatic heterocycles. The van der Waals surface area contributed by atoms with E-state index in [0.29, 0.717) is 5.56 Å². The summed E-state index contributed by atoms with van der Waals surface area (Å²) >= 11 is 3.38. The van der Waals surface area contributed by atoms with E-state index in [1.165, 1.54) is 0 Å². The molecule has 21 heavy (non-hydrogen) atoms. The van der Waals surface area contributed by atoms with Crippen molar-refractivity contribution in [2.24, 2.45) is 0 Å². The molecule has 1 amide bonds. The van der Waals surface area contributed by atoms with Gasteiger partial charge in [0, 0.05) is 23.1 Å². The number of carbonyl (C=O) groups is 2. The van der Waals surface area contributed by atoms with E-state index in [2.05, 4.69) is 21.2 Å². The molecule has 3 N–H and O–H groups in total. The number of fused-ring (bicyclic) bond motifs is 1. The number of benzene rings is 2. The van der Waals surface area contributed by atoms with Crippen LogP contribution in [0.3, 0.4) is 0 Å². The summed E-state index contributed by atoms with van der Waals surface area (Å²) < 4.78 is 0.945. The van der Waals surface area contributed by atoms with Crippen LogP contribution >= 0.6 is 15.9 Å². The zero-order valence-electron chi connectivity index (χ0n) is 11.0. The number of hydrogen-bond donors (Lipinski definition) is 3. The van der Waals surface area contributed by atoms with Gasteiger partial charge in [0.15, 0.2) is 0 Å². The monoisotopic (exact) mass is 351 g/mol. The fourth-order valence-electron chi connectivity index (χ4n) is 1.99. The number of halogens is 1. The lowest BCUT2D eigenvalue weighted by atomic mass is 10.1. The first-order chi connectivity index (χ1) is 10.0. The number of rotatable bonds is 5. The van der Waals surface area contributed by atoms with Crippen LogP contribution in [0.15, 0.2) is 40.9 Å². The first-order valence-electron chi connectivity index (χ1n) is 6.35. The molecule has 0 aliphatic carbocycles. The number of aliphatic hydroxyl groups excluding tert-OH is 1. The van der Waals surface area contributed by atoms with Gasteiger partial charge >= 0.3 is 5.97 Å². The molecule has 0 unspecified atom stereocenters. The average molecular weight is 352 g/mol. The maximum Gasteiger partial charge on any atom is 0.326 e. The zero-order chi connectivity index (χ0) is 15.4. The van der Waals surface area contributed by atoms with E-state index in [1.54, 1.807) is 18.2 Å². The second-order valence-electron chi connectivity index (χ2n) is 4.58. The van der Waals surface area contributed by atoms with Crippen LogP contribution in [0, 0.1) is 0 Å². The molecule has 0 aliphatic heterocycles. The van der Waals surface area contributed by atoms with Gasteiger partial charge < -0.3 is 15.5 Å². The fraction of sp³-hybridized carbons (Fsp3) is 0.200. The summed E-state index contributed by atoms with van der Waals surface area (Å²) in [4.78, 5) is 23.1. The minimum Gasteiger partial charge on any atom is -0.480 e. The third-order valence-electron chi connectivity index (χ3n) is 3.09. The first-order valence-corrected chi connectivity index (χ1v) is 7.14. The highest BCUT2D eigenvalue weighted by molar-refractivity contribution is 9.10. The summed E-state index contributed by atoms with van der Waals surface area (Å²) in [6.45, 7) is -0.303. The van der Waals surface area contributed by atoms with Gasteiger partial charge in [0.1, 0.15) is 6.04 Å². The van der Waals surface area contributed by atoms with Crippen LogP contribution < -0.4 is 5.32 Å². The van der Waals surface area contributed by atoms with Crippen molar-refractivity contribution in [3.8, 4) is 0 Å². The van der Waals surface area contributed by atoms with Gasteiger partial charge in [-0.1, -0.05) is 28.1 Å². The normalized spacial score (nSPS) is 12.1. The molecule has 0 radical (unpaired) electrons. The van der Waals surface area contributed by atoms with Crippen molar-refractivity contribution in [1.82, 2.24) is 5.32 Å². The lowest BCUT2D eigenvalue weighted by Crippen LogP contribution is -2.41. The van der Waals surface area contributed by atoms with E-state index in [1.807, 2.05) is 18.2 Å². The molecular weight excluding hydrogens is 338 g/mol. The highest BCUT2D eigenvalue weighted by Gasteiger charge is 2.20. The third kappa shape index (κ3) is 3.80. The number of hydrogen-bond acceptors (Lipinski definition) is 3. The third-order valence-corrected chi connectivity index (χ3v) is 3.58. The number of carbonyl (C=O) groups excluding carboxylic acids is 1. The van der Waals surface area contributed by atoms with Crippen molar-refractivity contribution in [1.29, 1.82) is 0 Å². The summed E-state index contributed by atoms with van der Waals surface area (Å²) in [5.41, 5.74) is 0.383. The summed E-state index contributed by atoms with van der Waals surface area (Å²) in [5.74, 6) is -1.64. The molecule has 2 rings (SSSR count). The molecule has 0 bridgehead atoms. The minimum atomic E-state index is -1.16. The van der Waals surface area contributed by atoms with Crippen LogP contribution in [-0.4, -0.2) is 34.7 Å². The smallest absolute Gasteiger partial charge is 0.326 e. The Balaban J connectivity index is 2.22. The number of aliphatic carboxylic acids is 1. The molecule has 0 spiro atoms. The predicted octanol–water partition coefficient (Wildman–Crippen LogP) is 2.17. The average Bonchev–Trinajstić information content (AvgIpc) is 2.45. The van der Waals surface area contributed by atoms with Crippen LogP contribution in [0.5, 0.6) is 0 Å². The number of carboxylic acid groups (broad SMARTS) is 1. The second-order valence-corrected chi connectivity index (χ2v) is 5.50. The maximum absolute atomic E-state index is 12.1. The van der Waals surface area contributed by atoms with Crippen molar-refractivity contribution in [2.45, 2.75) is 12.5 Å². The van der Waals surface area contributed by atoms with Crippen molar-refractivity contribution in [3.63, 3.8) is 0 Å². The second kappa shape index (κ2) is 6.69. The van der Waals surface area contributed by atoms with Gasteiger partial charge in [-0.25, -0.2) is 4.79 Å². The van der Waals surface area contributed by atoms with Gasteiger partial charge in [-0.15, -0.1) is 0 Å². The molecular formula is C15H14BrNO4. The quantitative estimate of drug-likeness (QED) is 0.770. The molecule has 0 saturated carbocycles. The number of nitrogens with one attached hydrogen (secondary N) is 1. The van der Waals surface area contributed by atoms with Crippen molar-refractivity contribution < 1.29 is 19.8 Å². The summed E-state index contributed by atoms with van der Waals surface area (Å²) in [6.07, 6.45) is -0.0262. The van der Waals surface area contributed by atoms with Crippen molar-refractivity contribution in [2.75, 3.05) is 6.61 Å². The van der Waals surface area contributed by atoms with Gasteiger partial charge in [0.2, 0.25) is 0 Å². The highest BCUT2D eigenvalue weighted by Crippen LogP contribution is 2.21. The number of carboxylic acids is 1. The largest absolute Gasteiger partial charge is 0.480 e. The maximum atomic E-state index is 12.1. The molecule has 0 aliphatic rings. The number of aliphatic hydroxyl groups is 1. The van der Waals surface area contributed by atoms with E-state index in [-0.39, 0.29) is 13.0 Å². The van der Waals surface area contributed by atoms with Crippen LogP contribution in [0.4, 0.5) is 0 Å². The van der Waals surface area contributed by atoms with Gasteiger partial charge in [-0.2, -0.15) is 0 Å². The summed E-state index contributed by atoms with van der Waals surface area (Å²) in [7, 11) is 0. The van der Waals surface area contributed by atoms with Crippen molar-refractivity contribution in [3.05, 3.63) is 46.4 Å². The Bertz CT molecular complexity index is 686. The Morgan fingerprint density at radius 1 is 1.14 bits per heavy atom. The Labute approximate surface area is 129 Å². The Kier molecular flexibility index (Phi) is 4.93. The lowest BCUT2D eigenvalue weighted by Gasteiger charge is -2.13. The predicted molar refractivity (Wildman–Crippen MR) is 82.2 cm³/mol. The van der Waals surface area contributed by atoms with E-state index < -0.39 is 17.9 Å². The van der Waals surface area contributed by atoms with Crippen LogP contribution in [0.25, 0.3) is 10.8 Å². The summed E-state index contributed by atoms with van der Waals surface area (Å²) in [5, 5.41) is 22.1. The van der Waals surface area contributed by atoms with Gasteiger partial charge in [-0.05, 0) is 35.0 Å². The standard InChI is InChI=1S/C15H14BrNO4/c16-12-4-3-9-7-11(2-1-10(9)8-12)14(19)17-13(5-6-18)15(20)21/h1-4,7-8,13,18H,5-6H2,(H,17,19)(H,20,21)/t13-/m0/s1. The molecule has 1 atom stereocenters. The topological polar surface area (TPSA) is 86.6 Å². The molecule has 6 heteroatoms. The van der Waals surface area contributed by atoms with Gasteiger partial charge in [-0.3, -0.25) is 4.79 Å². The van der Waals surface area contributed by atoms with Crippen LogP contribution in [0.2, 0.25) is 0 Å². The van der Waals surface area contributed by atoms with Gasteiger partial charge in [0.05, 0.1) is 0 Å². The molecule has 5 nitrogen and oxygen atoms in total. The molecule has 110 valence electrons. The molecule has 2 aromatic carbocycles. The van der Waals surface area contributed by atoms with E-state index in [9.17, 15) is 9.59 Å². The van der Waals surface area contributed by atoms with E-state index in [4.69, 9.17) is 10.2 Å².